The van der Waals surface area contributed by atoms with Crippen LogP contribution in [-0.2, 0) is 11.4 Å². The summed E-state index contributed by atoms with van der Waals surface area (Å²) >= 11 is 3.64. The van der Waals surface area contributed by atoms with Gasteiger partial charge in [-0.05, 0) is 12.8 Å². The van der Waals surface area contributed by atoms with Gasteiger partial charge in [-0.3, -0.25) is 0 Å². The van der Waals surface area contributed by atoms with E-state index < -0.39 is 0 Å². The van der Waals surface area contributed by atoms with Crippen LogP contribution in [0, 0.1) is 0 Å². The molecule has 0 saturated heterocycles. The number of hydrogen-bond acceptors (Lipinski definition) is 1. The summed E-state index contributed by atoms with van der Waals surface area (Å²) in [4.78, 5) is 4.27. The van der Waals surface area contributed by atoms with Crippen LogP contribution < -0.4 is 0 Å². The van der Waals surface area contributed by atoms with Crippen molar-refractivity contribution in [1.29, 1.82) is 0 Å². The van der Waals surface area contributed by atoms with E-state index in [2.05, 4.69) is 25.5 Å². The Kier molecular flexibility index (Phi) is 1.18. The van der Waals surface area contributed by atoms with Gasteiger partial charge in [-0.25, -0.2) is 4.98 Å². The van der Waals surface area contributed by atoms with Crippen LogP contribution in [-0.4, -0.2) is 9.55 Å². The van der Waals surface area contributed by atoms with Gasteiger partial charge in [0.2, 0.25) is 0 Å². The van der Waals surface area contributed by atoms with E-state index in [1.165, 1.54) is 12.8 Å². The molecule has 1 aromatic heterocycles. The van der Waals surface area contributed by atoms with Crippen molar-refractivity contribution >= 4 is 15.9 Å². The van der Waals surface area contributed by atoms with Crippen LogP contribution in [0.15, 0.2) is 12.4 Å². The van der Waals surface area contributed by atoms with Crippen molar-refractivity contribution in [3.8, 4) is 0 Å². The average Bonchev–Trinajstić information content (AvgIpc) is 2.44. The lowest BCUT2D eigenvalue weighted by molar-refractivity contribution is 0.777. The van der Waals surface area contributed by atoms with E-state index >= 15 is 0 Å². The first-order chi connectivity index (χ1) is 4.72. The fourth-order valence-corrected chi connectivity index (χ4v) is 1.71. The number of alkyl halides is 1. The highest BCUT2D eigenvalue weighted by atomic mass is 79.9. The number of imidazole rings is 1. The number of hydrogen-bond donors (Lipinski definition) is 0. The van der Waals surface area contributed by atoms with Crippen LogP contribution in [0.25, 0.3) is 0 Å². The molecule has 0 aliphatic heterocycles. The molecule has 0 radical (unpaired) electrons. The van der Waals surface area contributed by atoms with Gasteiger partial charge >= 0.3 is 0 Å². The maximum Gasteiger partial charge on any atom is 0.125 e. The maximum absolute atomic E-state index is 4.27. The monoisotopic (exact) mass is 200 g/mol. The van der Waals surface area contributed by atoms with E-state index in [1.54, 1.807) is 0 Å². The molecule has 1 aliphatic carbocycles. The molecular formula is C7H9BrN2. The lowest BCUT2D eigenvalue weighted by atomic mass is 10.4. The Hall–Kier alpha value is -0.310. The van der Waals surface area contributed by atoms with E-state index in [0.29, 0.717) is 0 Å². The zero-order valence-electron chi connectivity index (χ0n) is 5.84. The fraction of sp³-hybridized carbons (Fsp3) is 0.571. The molecule has 1 aromatic rings. The Bertz CT molecular complexity index is 250. The van der Waals surface area contributed by atoms with Crippen molar-refractivity contribution in [2.75, 3.05) is 0 Å². The largest absolute Gasteiger partial charge is 0.337 e. The third-order valence-corrected chi connectivity index (χ3v) is 3.06. The molecule has 1 saturated carbocycles. The molecule has 0 bridgehead atoms. The van der Waals surface area contributed by atoms with Crippen LogP contribution in [0.1, 0.15) is 18.7 Å². The molecular weight excluding hydrogens is 192 g/mol. The summed E-state index contributed by atoms with van der Waals surface area (Å²) in [5.41, 5.74) is 0. The lowest BCUT2D eigenvalue weighted by Crippen LogP contribution is -2.04. The highest BCUT2D eigenvalue weighted by Crippen LogP contribution is 2.52. The second-order valence-corrected chi connectivity index (χ2v) is 4.35. The molecule has 1 fully saturated rings. The molecule has 2 rings (SSSR count). The molecule has 0 aromatic carbocycles. The second-order valence-electron chi connectivity index (χ2n) is 2.83. The first-order valence-electron chi connectivity index (χ1n) is 3.39. The van der Waals surface area contributed by atoms with E-state index in [1.807, 2.05) is 19.4 Å². The van der Waals surface area contributed by atoms with Crippen LogP contribution in [0.5, 0.6) is 0 Å². The van der Waals surface area contributed by atoms with Crippen molar-refractivity contribution in [3.05, 3.63) is 18.2 Å². The van der Waals surface area contributed by atoms with Crippen molar-refractivity contribution in [3.63, 3.8) is 0 Å². The van der Waals surface area contributed by atoms with Crippen molar-refractivity contribution < 1.29 is 0 Å². The molecule has 0 unspecified atom stereocenters. The fourth-order valence-electron chi connectivity index (χ4n) is 1.13. The third kappa shape index (κ3) is 0.804. The minimum Gasteiger partial charge on any atom is -0.337 e. The molecule has 0 amide bonds. The van der Waals surface area contributed by atoms with Crippen LogP contribution in [0.4, 0.5) is 0 Å². The highest BCUT2D eigenvalue weighted by Gasteiger charge is 2.44. The number of rotatable bonds is 1. The molecule has 0 spiro atoms. The highest BCUT2D eigenvalue weighted by molar-refractivity contribution is 9.09. The number of aromatic nitrogens is 2. The second kappa shape index (κ2) is 1.84. The summed E-state index contributed by atoms with van der Waals surface area (Å²) in [6.07, 6.45) is 6.27. The van der Waals surface area contributed by atoms with Crippen LogP contribution in [0.2, 0.25) is 0 Å². The van der Waals surface area contributed by atoms with E-state index in [9.17, 15) is 0 Å². The van der Waals surface area contributed by atoms with Gasteiger partial charge in [-0.15, -0.1) is 0 Å². The van der Waals surface area contributed by atoms with Crippen LogP contribution >= 0.6 is 15.9 Å². The number of halogens is 1. The summed E-state index contributed by atoms with van der Waals surface area (Å²) in [6.45, 7) is 0. The summed E-state index contributed by atoms with van der Waals surface area (Å²) < 4.78 is 2.30. The maximum atomic E-state index is 4.27. The van der Waals surface area contributed by atoms with E-state index in [4.69, 9.17) is 0 Å². The van der Waals surface area contributed by atoms with Gasteiger partial charge in [0.1, 0.15) is 5.82 Å². The van der Waals surface area contributed by atoms with Crippen molar-refractivity contribution in [2.24, 2.45) is 7.05 Å². The number of aryl methyl sites for hydroxylation is 1. The standard InChI is InChI=1S/C7H9BrN2/c1-10-5-4-9-6(10)7(8)2-3-7/h4-5H,2-3H2,1H3. The molecule has 10 heavy (non-hydrogen) atoms. The van der Waals surface area contributed by atoms with Gasteiger partial charge in [0.15, 0.2) is 0 Å². The SMILES string of the molecule is Cn1ccnc1C1(Br)CC1. The summed E-state index contributed by atoms with van der Waals surface area (Å²) in [5.74, 6) is 1.16. The van der Waals surface area contributed by atoms with Gasteiger partial charge in [0.05, 0.1) is 4.32 Å². The third-order valence-electron chi connectivity index (χ3n) is 1.91. The Morgan fingerprint density at radius 3 is 2.80 bits per heavy atom. The normalized spacial score (nSPS) is 21.0. The van der Waals surface area contributed by atoms with E-state index in [-0.39, 0.29) is 4.32 Å². The molecule has 2 nitrogen and oxygen atoms in total. The Morgan fingerprint density at radius 2 is 2.40 bits per heavy atom. The zero-order valence-corrected chi connectivity index (χ0v) is 7.43. The molecule has 0 N–H and O–H groups in total. The van der Waals surface area contributed by atoms with Crippen LogP contribution in [0.3, 0.4) is 0 Å². The predicted molar refractivity (Wildman–Crippen MR) is 43.0 cm³/mol. The molecule has 54 valence electrons. The Labute approximate surface area is 68.4 Å². The zero-order chi connectivity index (χ0) is 7.19. The molecule has 3 heteroatoms. The summed E-state index contributed by atoms with van der Waals surface area (Å²) in [7, 11) is 2.03. The minimum atomic E-state index is 0.227. The van der Waals surface area contributed by atoms with Gasteiger partial charge in [-0.1, -0.05) is 15.9 Å². The smallest absolute Gasteiger partial charge is 0.125 e. The quantitative estimate of drug-likeness (QED) is 0.633. The van der Waals surface area contributed by atoms with Crippen molar-refractivity contribution in [1.82, 2.24) is 9.55 Å². The predicted octanol–water partition coefficient (Wildman–Crippen LogP) is 1.80. The molecule has 1 heterocycles. The molecule has 0 atom stereocenters. The molecule has 1 aliphatic rings. The van der Waals surface area contributed by atoms with Gasteiger partial charge in [-0.2, -0.15) is 0 Å². The minimum absolute atomic E-state index is 0.227. The van der Waals surface area contributed by atoms with Gasteiger partial charge in [0, 0.05) is 19.4 Å². The topological polar surface area (TPSA) is 17.8 Å². The summed E-state index contributed by atoms with van der Waals surface area (Å²) in [6, 6.07) is 0. The number of nitrogens with zero attached hydrogens (tertiary/aromatic N) is 2. The lowest BCUT2D eigenvalue weighted by Gasteiger charge is -2.04. The first kappa shape index (κ1) is 6.40. The van der Waals surface area contributed by atoms with E-state index in [0.717, 1.165) is 5.82 Å². The first-order valence-corrected chi connectivity index (χ1v) is 4.18. The summed E-state index contributed by atoms with van der Waals surface area (Å²) in [5, 5.41) is 0. The van der Waals surface area contributed by atoms with Crippen molar-refractivity contribution in [2.45, 2.75) is 17.2 Å². The van der Waals surface area contributed by atoms with Gasteiger partial charge < -0.3 is 4.57 Å². The Morgan fingerprint density at radius 1 is 1.70 bits per heavy atom. The van der Waals surface area contributed by atoms with Gasteiger partial charge in [0.25, 0.3) is 0 Å². The Balaban J connectivity index is 2.42. The average molecular weight is 201 g/mol.